The number of carbonyl (C=O) groups excluding carboxylic acids is 2. The highest BCUT2D eigenvalue weighted by molar-refractivity contribution is 5.96. The third kappa shape index (κ3) is 6.29. The number of hydrogen-bond donors (Lipinski definition) is 0. The van der Waals surface area contributed by atoms with Gasteiger partial charge in [-0.1, -0.05) is 18.2 Å². The Morgan fingerprint density at radius 2 is 1.76 bits per heavy atom. The van der Waals surface area contributed by atoms with E-state index in [1.807, 2.05) is 0 Å². The zero-order valence-corrected chi connectivity index (χ0v) is 18.7. The molecule has 0 N–H and O–H groups in total. The third-order valence-electron chi connectivity index (χ3n) is 5.70. The van der Waals surface area contributed by atoms with Crippen LogP contribution in [0, 0.1) is 11.6 Å². The van der Waals surface area contributed by atoms with Crippen LogP contribution in [0.15, 0.2) is 71.3 Å². The average molecular weight is 469 g/mol. The number of ether oxygens (including phenoxy) is 1. The minimum Gasteiger partial charge on any atom is -0.467 e. The van der Waals surface area contributed by atoms with E-state index in [0.717, 1.165) is 24.5 Å². The Hall–Kier alpha value is -3.52. The molecule has 1 unspecified atom stereocenters. The van der Waals surface area contributed by atoms with Crippen molar-refractivity contribution in [1.29, 1.82) is 0 Å². The van der Waals surface area contributed by atoms with Gasteiger partial charge in [0, 0.05) is 25.3 Å². The summed E-state index contributed by atoms with van der Waals surface area (Å²) in [6.45, 7) is 1.02. The number of nitrogens with zero attached hydrogens (tertiary/aromatic N) is 2. The number of rotatable bonds is 9. The summed E-state index contributed by atoms with van der Waals surface area (Å²) < 4.78 is 38.2. The Morgan fingerprint density at radius 3 is 2.44 bits per heavy atom. The lowest BCUT2D eigenvalue weighted by Gasteiger charge is -2.29. The van der Waals surface area contributed by atoms with Gasteiger partial charge in [0.15, 0.2) is 0 Å². The summed E-state index contributed by atoms with van der Waals surface area (Å²) in [7, 11) is 0. The van der Waals surface area contributed by atoms with Crippen LogP contribution in [0.4, 0.5) is 8.78 Å². The molecule has 1 fully saturated rings. The molecule has 3 aromatic rings. The highest BCUT2D eigenvalue weighted by atomic mass is 19.1. The van der Waals surface area contributed by atoms with E-state index in [4.69, 9.17) is 9.15 Å². The molecule has 1 aliphatic rings. The quantitative estimate of drug-likeness (QED) is 0.467. The van der Waals surface area contributed by atoms with Crippen molar-refractivity contribution >= 4 is 11.8 Å². The van der Waals surface area contributed by atoms with Crippen molar-refractivity contribution in [3.63, 3.8) is 0 Å². The molecular weight excluding hydrogens is 442 g/mol. The van der Waals surface area contributed by atoms with Crippen LogP contribution in [0.25, 0.3) is 0 Å². The van der Waals surface area contributed by atoms with Gasteiger partial charge in [-0.25, -0.2) is 8.78 Å². The lowest BCUT2D eigenvalue weighted by molar-refractivity contribution is -0.133. The van der Waals surface area contributed by atoms with E-state index < -0.39 is 11.7 Å². The van der Waals surface area contributed by atoms with Gasteiger partial charge in [-0.05, 0) is 60.9 Å². The molecule has 34 heavy (non-hydrogen) atoms. The minimum absolute atomic E-state index is 0.168. The molecule has 0 aliphatic carbocycles. The first-order valence-corrected chi connectivity index (χ1v) is 11.2. The van der Waals surface area contributed by atoms with E-state index in [9.17, 15) is 18.4 Å². The van der Waals surface area contributed by atoms with Crippen molar-refractivity contribution in [3.05, 3.63) is 95.4 Å². The molecule has 0 radical (unpaired) electrons. The van der Waals surface area contributed by atoms with E-state index in [1.165, 1.54) is 41.5 Å². The topological polar surface area (TPSA) is 63.0 Å². The van der Waals surface area contributed by atoms with Gasteiger partial charge < -0.3 is 19.0 Å². The summed E-state index contributed by atoms with van der Waals surface area (Å²) in [5.74, 6) is -1.06. The van der Waals surface area contributed by atoms with Crippen LogP contribution in [0.5, 0.6) is 0 Å². The van der Waals surface area contributed by atoms with Gasteiger partial charge in [0.05, 0.1) is 18.9 Å². The SMILES string of the molecule is O=C(CN(CC1CCCO1)C(=O)c1cccc(F)c1)N(Cc1ccc(F)cc1)Cc1ccco1. The lowest BCUT2D eigenvalue weighted by atomic mass is 10.1. The molecule has 1 aliphatic heterocycles. The Balaban J connectivity index is 1.54. The maximum atomic E-state index is 13.8. The molecule has 1 saturated heterocycles. The number of furan rings is 1. The Bertz CT molecular complexity index is 1100. The molecule has 8 heteroatoms. The maximum Gasteiger partial charge on any atom is 0.254 e. The van der Waals surface area contributed by atoms with Crippen molar-refractivity contribution in [2.75, 3.05) is 19.7 Å². The van der Waals surface area contributed by atoms with Gasteiger partial charge in [-0.15, -0.1) is 0 Å². The first kappa shape index (κ1) is 23.6. The fourth-order valence-electron chi connectivity index (χ4n) is 3.95. The van der Waals surface area contributed by atoms with Crippen LogP contribution in [0.3, 0.4) is 0 Å². The van der Waals surface area contributed by atoms with E-state index in [0.29, 0.717) is 12.4 Å². The predicted molar refractivity (Wildman–Crippen MR) is 121 cm³/mol. The fourth-order valence-corrected chi connectivity index (χ4v) is 3.95. The first-order chi connectivity index (χ1) is 16.5. The zero-order chi connectivity index (χ0) is 23.9. The van der Waals surface area contributed by atoms with Gasteiger partial charge in [0.2, 0.25) is 5.91 Å². The standard InChI is InChI=1S/C26H26F2N2O4/c27-21-10-8-19(9-11-21)15-29(16-23-6-2-12-33-23)25(31)18-30(17-24-7-3-13-34-24)26(32)20-4-1-5-22(28)14-20/h1-2,4-6,8-12,14,24H,3,7,13,15-18H2. The van der Waals surface area contributed by atoms with Crippen LogP contribution in [0.2, 0.25) is 0 Å². The monoisotopic (exact) mass is 468 g/mol. The van der Waals surface area contributed by atoms with Gasteiger partial charge >= 0.3 is 0 Å². The molecule has 6 nitrogen and oxygen atoms in total. The largest absolute Gasteiger partial charge is 0.467 e. The van der Waals surface area contributed by atoms with Crippen LogP contribution in [-0.4, -0.2) is 47.4 Å². The molecule has 178 valence electrons. The number of halogens is 2. The fraction of sp³-hybridized carbons (Fsp3) is 0.308. The van der Waals surface area contributed by atoms with Crippen molar-refractivity contribution in [2.45, 2.75) is 32.0 Å². The highest BCUT2D eigenvalue weighted by Crippen LogP contribution is 2.18. The average Bonchev–Trinajstić information content (AvgIpc) is 3.53. The van der Waals surface area contributed by atoms with E-state index in [1.54, 1.807) is 29.2 Å². The lowest BCUT2D eigenvalue weighted by Crippen LogP contribution is -2.45. The molecule has 0 spiro atoms. The van der Waals surface area contributed by atoms with Crippen LogP contribution >= 0.6 is 0 Å². The van der Waals surface area contributed by atoms with Crippen molar-refractivity contribution in [3.8, 4) is 0 Å². The molecule has 1 aromatic heterocycles. The van der Waals surface area contributed by atoms with E-state index in [2.05, 4.69) is 0 Å². The number of hydrogen-bond acceptors (Lipinski definition) is 4. The van der Waals surface area contributed by atoms with Crippen molar-refractivity contribution in [2.24, 2.45) is 0 Å². The summed E-state index contributed by atoms with van der Waals surface area (Å²) in [4.78, 5) is 29.6. The Morgan fingerprint density at radius 1 is 0.941 bits per heavy atom. The second kappa shape index (κ2) is 11.1. The van der Waals surface area contributed by atoms with Crippen LogP contribution in [0.1, 0.15) is 34.5 Å². The van der Waals surface area contributed by atoms with E-state index in [-0.39, 0.29) is 49.6 Å². The summed E-state index contributed by atoms with van der Waals surface area (Å²) in [6.07, 6.45) is 3.01. The molecule has 0 bridgehead atoms. The predicted octanol–water partition coefficient (Wildman–Crippen LogP) is 4.41. The second-order valence-electron chi connectivity index (χ2n) is 8.29. The number of benzene rings is 2. The summed E-state index contributed by atoms with van der Waals surface area (Å²) in [5.41, 5.74) is 0.908. The van der Waals surface area contributed by atoms with Gasteiger partial charge in [-0.2, -0.15) is 0 Å². The second-order valence-corrected chi connectivity index (χ2v) is 8.29. The maximum absolute atomic E-state index is 13.8. The normalized spacial score (nSPS) is 15.3. The van der Waals surface area contributed by atoms with Gasteiger partial charge in [0.1, 0.15) is 23.9 Å². The Labute approximate surface area is 196 Å². The zero-order valence-electron chi connectivity index (χ0n) is 18.7. The molecule has 4 rings (SSSR count). The third-order valence-corrected chi connectivity index (χ3v) is 5.70. The smallest absolute Gasteiger partial charge is 0.254 e. The van der Waals surface area contributed by atoms with Crippen molar-refractivity contribution in [1.82, 2.24) is 9.80 Å². The Kier molecular flexibility index (Phi) is 7.69. The highest BCUT2D eigenvalue weighted by Gasteiger charge is 2.27. The molecule has 2 heterocycles. The van der Waals surface area contributed by atoms with E-state index >= 15 is 0 Å². The number of amides is 2. The molecule has 0 saturated carbocycles. The minimum atomic E-state index is -0.523. The van der Waals surface area contributed by atoms with Gasteiger partial charge in [-0.3, -0.25) is 9.59 Å². The summed E-state index contributed by atoms with van der Waals surface area (Å²) in [5, 5.41) is 0. The molecular formula is C26H26F2N2O4. The molecule has 1 atom stereocenters. The van der Waals surface area contributed by atoms with Crippen LogP contribution < -0.4 is 0 Å². The summed E-state index contributed by atoms with van der Waals surface area (Å²) in [6, 6.07) is 14.8. The molecule has 2 amide bonds. The van der Waals surface area contributed by atoms with Crippen molar-refractivity contribution < 1.29 is 27.5 Å². The first-order valence-electron chi connectivity index (χ1n) is 11.2. The number of carbonyl (C=O) groups is 2. The molecule has 2 aromatic carbocycles. The summed E-state index contributed by atoms with van der Waals surface area (Å²) >= 11 is 0. The van der Waals surface area contributed by atoms with Gasteiger partial charge in [0.25, 0.3) is 5.91 Å². The van der Waals surface area contributed by atoms with Crippen LogP contribution in [-0.2, 0) is 22.6 Å².